The van der Waals surface area contributed by atoms with Gasteiger partial charge in [0.15, 0.2) is 0 Å². The minimum atomic E-state index is -1.69. The summed E-state index contributed by atoms with van der Waals surface area (Å²) in [6.07, 6.45) is -4.92. The van der Waals surface area contributed by atoms with Crippen molar-refractivity contribution in [3.8, 4) is 0 Å². The molecule has 5 N–H and O–H groups in total. The van der Waals surface area contributed by atoms with E-state index in [-0.39, 0.29) is 0 Å². The molecule has 0 saturated heterocycles. The summed E-state index contributed by atoms with van der Waals surface area (Å²) in [7, 11) is 0. The van der Waals surface area contributed by atoms with Crippen LogP contribution in [-0.2, 0) is 3.80 Å². The second-order valence-electron chi connectivity index (χ2n) is 2.36. The number of hydrogen-bond acceptors (Lipinski definition) is 6. The molecule has 0 aromatic rings. The molecule has 0 aliphatic carbocycles. The SMILES string of the molecule is [O]=[Al][C@H](O)[C@@H](O)[C@H](O)[C@H](O)CO. The Kier molecular flexibility index (Phi) is 5.79. The Morgan fingerprint density at radius 3 is 1.92 bits per heavy atom. The maximum atomic E-state index is 10.1. The van der Waals surface area contributed by atoms with Gasteiger partial charge in [-0.2, -0.15) is 0 Å². The van der Waals surface area contributed by atoms with Gasteiger partial charge in [-0.15, -0.1) is 0 Å². The van der Waals surface area contributed by atoms with Crippen LogP contribution in [0.5, 0.6) is 0 Å². The van der Waals surface area contributed by atoms with Gasteiger partial charge in [-0.25, -0.2) is 0 Å². The van der Waals surface area contributed by atoms with E-state index in [1.165, 1.54) is 0 Å². The molecular formula is C5H11AlO6. The Balaban J connectivity index is 4.07. The zero-order valence-electron chi connectivity index (χ0n) is 6.24. The van der Waals surface area contributed by atoms with Crippen molar-refractivity contribution in [1.29, 1.82) is 0 Å². The third kappa shape index (κ3) is 3.25. The first-order chi connectivity index (χ1) is 5.54. The van der Waals surface area contributed by atoms with Crippen LogP contribution in [0.2, 0.25) is 0 Å². The molecule has 0 heterocycles. The Morgan fingerprint density at radius 1 is 1.08 bits per heavy atom. The van der Waals surface area contributed by atoms with Gasteiger partial charge in [-0.05, 0) is 0 Å². The third-order valence-electron chi connectivity index (χ3n) is 1.42. The molecule has 6 nitrogen and oxygen atoms in total. The van der Waals surface area contributed by atoms with Gasteiger partial charge in [0.05, 0.1) is 0 Å². The van der Waals surface area contributed by atoms with Crippen LogP contribution in [-0.4, -0.2) is 70.6 Å². The monoisotopic (exact) mass is 194 g/mol. The van der Waals surface area contributed by atoms with Gasteiger partial charge in [0.25, 0.3) is 0 Å². The molecule has 0 spiro atoms. The van der Waals surface area contributed by atoms with Crippen LogP contribution in [0.4, 0.5) is 0 Å². The van der Waals surface area contributed by atoms with E-state index < -0.39 is 45.0 Å². The van der Waals surface area contributed by atoms with Crippen LogP contribution in [0.15, 0.2) is 0 Å². The van der Waals surface area contributed by atoms with E-state index in [2.05, 4.69) is 0 Å². The fraction of sp³-hybridized carbons (Fsp3) is 1.00. The Morgan fingerprint density at radius 2 is 1.58 bits per heavy atom. The summed E-state index contributed by atoms with van der Waals surface area (Å²) in [5, 5.41) is 43.8. The second kappa shape index (κ2) is 5.72. The van der Waals surface area contributed by atoms with Crippen LogP contribution in [0.1, 0.15) is 0 Å². The molecule has 7 heteroatoms. The van der Waals surface area contributed by atoms with Crippen LogP contribution in [0.3, 0.4) is 0 Å². The Hall–Kier alpha value is 0.132. The zero-order chi connectivity index (χ0) is 9.72. The summed E-state index contributed by atoms with van der Waals surface area (Å²) in [4.78, 5) is -1.55. The van der Waals surface area contributed by atoms with Crippen LogP contribution in [0, 0.1) is 0 Å². The average molecular weight is 194 g/mol. The number of rotatable bonds is 5. The number of aliphatic hydroxyl groups is 5. The average Bonchev–Trinajstić information content (AvgIpc) is 2.12. The van der Waals surface area contributed by atoms with Gasteiger partial charge >= 0.3 is 74.4 Å². The molecule has 0 radical (unpaired) electrons. The second-order valence-corrected chi connectivity index (χ2v) is 3.31. The first-order valence-corrected chi connectivity index (χ1v) is 4.46. The molecule has 0 aromatic heterocycles. The predicted octanol–water partition coefficient (Wildman–Crippen LogP) is -3.57. The van der Waals surface area contributed by atoms with E-state index in [1.807, 2.05) is 0 Å². The molecule has 12 heavy (non-hydrogen) atoms. The fourth-order valence-electron chi connectivity index (χ4n) is 0.618. The van der Waals surface area contributed by atoms with Gasteiger partial charge in [-0.3, -0.25) is 0 Å². The molecule has 0 rings (SSSR count). The molecule has 0 aliphatic rings. The zero-order valence-corrected chi connectivity index (χ0v) is 7.39. The number of hydrogen-bond donors (Lipinski definition) is 5. The van der Waals surface area contributed by atoms with Gasteiger partial charge < -0.3 is 0 Å². The molecule has 0 amide bonds. The number of aliphatic hydroxyl groups excluding tert-OH is 5. The van der Waals surface area contributed by atoms with Gasteiger partial charge in [0, 0.05) is 0 Å². The Labute approximate surface area is 75.0 Å². The third-order valence-corrected chi connectivity index (χ3v) is 2.09. The topological polar surface area (TPSA) is 118 Å². The first kappa shape index (κ1) is 12.1. The van der Waals surface area contributed by atoms with E-state index in [0.29, 0.717) is 0 Å². The summed E-state index contributed by atoms with van der Waals surface area (Å²) >= 11 is -1.64. The molecule has 0 aromatic carbocycles. The van der Waals surface area contributed by atoms with Gasteiger partial charge in [0.1, 0.15) is 0 Å². The fourth-order valence-corrected chi connectivity index (χ4v) is 1.01. The Bertz CT molecular complexity index is 142. The molecule has 4 atom stereocenters. The molecule has 0 unspecified atom stereocenters. The van der Waals surface area contributed by atoms with E-state index in [0.717, 1.165) is 0 Å². The van der Waals surface area contributed by atoms with E-state index in [9.17, 15) is 3.80 Å². The molecular weight excluding hydrogens is 183 g/mol. The van der Waals surface area contributed by atoms with Crippen molar-refractivity contribution in [3.05, 3.63) is 0 Å². The van der Waals surface area contributed by atoms with Crippen molar-refractivity contribution >= 4 is 15.2 Å². The van der Waals surface area contributed by atoms with E-state index in [1.54, 1.807) is 0 Å². The van der Waals surface area contributed by atoms with Crippen molar-refractivity contribution < 1.29 is 29.3 Å². The summed E-state index contributed by atoms with van der Waals surface area (Å²) in [6, 6.07) is 0. The van der Waals surface area contributed by atoms with E-state index in [4.69, 9.17) is 25.5 Å². The normalized spacial score (nSPS) is 20.8. The summed E-state index contributed by atoms with van der Waals surface area (Å²) < 4.78 is 10.1. The summed E-state index contributed by atoms with van der Waals surface area (Å²) in [5.41, 5.74) is 0. The molecule has 70 valence electrons. The maximum absolute atomic E-state index is 10.1. The minimum absolute atomic E-state index is 0.737. The standard InChI is InChI=1S/C5H11O5.Al.O/c6-1-3(8)5(10)4(9)2-7;;/h1,3-10H,2H2;;/t3-,4-,5+;;/m1../s1. The van der Waals surface area contributed by atoms with Crippen molar-refractivity contribution in [2.75, 3.05) is 6.61 Å². The van der Waals surface area contributed by atoms with E-state index >= 15 is 0 Å². The predicted molar refractivity (Wildman–Crippen MR) is 37.6 cm³/mol. The van der Waals surface area contributed by atoms with Crippen molar-refractivity contribution in [1.82, 2.24) is 0 Å². The molecule has 0 fully saturated rings. The van der Waals surface area contributed by atoms with Gasteiger partial charge in [0.2, 0.25) is 0 Å². The molecule has 0 aliphatic heterocycles. The quantitative estimate of drug-likeness (QED) is 0.289. The van der Waals surface area contributed by atoms with Crippen LogP contribution in [0.25, 0.3) is 0 Å². The van der Waals surface area contributed by atoms with Gasteiger partial charge in [-0.1, -0.05) is 0 Å². The summed E-state index contributed by atoms with van der Waals surface area (Å²) in [5.74, 6) is 0. The first-order valence-electron chi connectivity index (χ1n) is 3.33. The van der Waals surface area contributed by atoms with Crippen molar-refractivity contribution in [2.24, 2.45) is 0 Å². The van der Waals surface area contributed by atoms with Crippen molar-refractivity contribution in [3.63, 3.8) is 0 Å². The van der Waals surface area contributed by atoms with Crippen molar-refractivity contribution in [2.45, 2.75) is 23.3 Å². The molecule has 0 bridgehead atoms. The molecule has 0 saturated carbocycles. The summed E-state index contributed by atoms with van der Waals surface area (Å²) in [6.45, 7) is -0.737. The van der Waals surface area contributed by atoms with Crippen LogP contribution < -0.4 is 0 Å². The van der Waals surface area contributed by atoms with Crippen LogP contribution >= 0.6 is 0 Å².